The van der Waals surface area contributed by atoms with Gasteiger partial charge in [0.25, 0.3) is 0 Å². The molecule has 1 fully saturated rings. The van der Waals surface area contributed by atoms with E-state index >= 15 is 0 Å². The molecule has 15 heavy (non-hydrogen) atoms. The first kappa shape index (κ1) is 14.9. The Bertz CT molecular complexity index is 148. The molecule has 1 heterocycles. The first-order valence-electron chi connectivity index (χ1n) is 6.04. The number of ether oxygens (including phenoxy) is 2. The van der Waals surface area contributed by atoms with Crippen molar-refractivity contribution in [3.63, 3.8) is 0 Å². The molecular formula is C12H26O3. The van der Waals surface area contributed by atoms with Crippen LogP contribution in [0.4, 0.5) is 0 Å². The lowest BCUT2D eigenvalue weighted by Gasteiger charge is -2.20. The summed E-state index contributed by atoms with van der Waals surface area (Å²) in [5.74, 6) is -0.451. The Balaban J connectivity index is 0.000000336. The highest BCUT2D eigenvalue weighted by atomic mass is 16.7. The van der Waals surface area contributed by atoms with Gasteiger partial charge in [-0.3, -0.25) is 0 Å². The number of hydrogen-bond donors (Lipinski definition) is 1. The molecule has 0 radical (unpaired) electrons. The van der Waals surface area contributed by atoms with Crippen molar-refractivity contribution in [3.05, 3.63) is 0 Å². The van der Waals surface area contributed by atoms with Crippen LogP contribution in [-0.4, -0.2) is 30.2 Å². The number of aliphatic hydroxyl groups excluding tert-OH is 1. The van der Waals surface area contributed by atoms with Gasteiger partial charge in [-0.25, -0.2) is 0 Å². The van der Waals surface area contributed by atoms with Gasteiger partial charge < -0.3 is 14.6 Å². The highest BCUT2D eigenvalue weighted by Gasteiger charge is 2.34. The van der Waals surface area contributed by atoms with Crippen LogP contribution in [0.5, 0.6) is 0 Å². The van der Waals surface area contributed by atoms with E-state index in [0.717, 1.165) is 6.42 Å². The van der Waals surface area contributed by atoms with Crippen molar-refractivity contribution in [2.24, 2.45) is 0 Å². The monoisotopic (exact) mass is 218 g/mol. The number of rotatable bonds is 4. The highest BCUT2D eigenvalue weighted by molar-refractivity contribution is 4.72. The average Bonchev–Trinajstić information content (AvgIpc) is 2.63. The maximum absolute atomic E-state index is 8.69. The van der Waals surface area contributed by atoms with E-state index in [2.05, 4.69) is 13.8 Å². The van der Waals surface area contributed by atoms with Crippen molar-refractivity contribution in [1.29, 1.82) is 0 Å². The molecule has 1 saturated heterocycles. The number of aliphatic hydroxyl groups is 1. The summed E-state index contributed by atoms with van der Waals surface area (Å²) in [4.78, 5) is 0. The first-order chi connectivity index (χ1) is 7.11. The van der Waals surface area contributed by atoms with E-state index in [-0.39, 0.29) is 12.7 Å². The van der Waals surface area contributed by atoms with Crippen LogP contribution >= 0.6 is 0 Å². The molecule has 0 bridgehead atoms. The molecule has 0 aromatic carbocycles. The van der Waals surface area contributed by atoms with Gasteiger partial charge in [-0.05, 0) is 13.3 Å². The molecular weight excluding hydrogens is 192 g/mol. The maximum Gasteiger partial charge on any atom is 0.165 e. The predicted octanol–water partition coefficient (Wildman–Crippen LogP) is 2.72. The molecule has 1 aliphatic heterocycles. The summed E-state index contributed by atoms with van der Waals surface area (Å²) in [5, 5.41) is 8.69. The lowest BCUT2D eigenvalue weighted by Crippen LogP contribution is -2.26. The largest absolute Gasteiger partial charge is 0.394 e. The molecule has 0 amide bonds. The third-order valence-electron chi connectivity index (χ3n) is 2.54. The maximum atomic E-state index is 8.69. The second kappa shape index (κ2) is 8.08. The fraction of sp³-hybridized carbons (Fsp3) is 1.00. The Hall–Kier alpha value is -0.120. The van der Waals surface area contributed by atoms with Crippen LogP contribution in [0, 0.1) is 0 Å². The van der Waals surface area contributed by atoms with Crippen molar-refractivity contribution >= 4 is 0 Å². The van der Waals surface area contributed by atoms with Crippen LogP contribution < -0.4 is 0 Å². The quantitative estimate of drug-likeness (QED) is 0.788. The van der Waals surface area contributed by atoms with E-state index in [1.807, 2.05) is 13.8 Å². The van der Waals surface area contributed by atoms with Crippen LogP contribution in [0.15, 0.2) is 0 Å². The summed E-state index contributed by atoms with van der Waals surface area (Å²) in [5.41, 5.74) is 0. The van der Waals surface area contributed by atoms with Gasteiger partial charge in [-0.15, -0.1) is 0 Å². The summed E-state index contributed by atoms with van der Waals surface area (Å²) < 4.78 is 10.7. The third-order valence-corrected chi connectivity index (χ3v) is 2.54. The minimum absolute atomic E-state index is 0.0512. The van der Waals surface area contributed by atoms with Crippen LogP contribution in [0.25, 0.3) is 0 Å². The standard InChI is InChI=1S/C7H14O3.C5H12/c1-3-7(2)9-5-6(4-8)10-7;1-3-5-4-2/h6,8H,3-5H2,1-2H3;3-5H2,1-2H3. The van der Waals surface area contributed by atoms with Crippen molar-refractivity contribution < 1.29 is 14.6 Å². The second-order valence-electron chi connectivity index (χ2n) is 4.07. The highest BCUT2D eigenvalue weighted by Crippen LogP contribution is 2.25. The molecule has 1 rings (SSSR count). The Morgan fingerprint density at radius 2 is 1.87 bits per heavy atom. The molecule has 2 unspecified atom stereocenters. The summed E-state index contributed by atoms with van der Waals surface area (Å²) in [6, 6.07) is 0. The normalized spacial score (nSPS) is 29.8. The van der Waals surface area contributed by atoms with Gasteiger partial charge in [0.15, 0.2) is 5.79 Å². The van der Waals surface area contributed by atoms with E-state index in [1.54, 1.807) is 0 Å². The van der Waals surface area contributed by atoms with Crippen molar-refractivity contribution in [2.75, 3.05) is 13.2 Å². The van der Waals surface area contributed by atoms with Crippen molar-refractivity contribution in [1.82, 2.24) is 0 Å². The topological polar surface area (TPSA) is 38.7 Å². The second-order valence-corrected chi connectivity index (χ2v) is 4.07. The van der Waals surface area contributed by atoms with Crippen LogP contribution in [0.3, 0.4) is 0 Å². The van der Waals surface area contributed by atoms with Gasteiger partial charge in [0, 0.05) is 0 Å². The predicted molar refractivity (Wildman–Crippen MR) is 61.8 cm³/mol. The zero-order valence-corrected chi connectivity index (χ0v) is 10.6. The lowest BCUT2D eigenvalue weighted by atomic mass is 10.2. The molecule has 3 nitrogen and oxygen atoms in total. The van der Waals surface area contributed by atoms with Gasteiger partial charge in [-0.2, -0.15) is 0 Å². The molecule has 3 heteroatoms. The van der Waals surface area contributed by atoms with E-state index < -0.39 is 5.79 Å². The fourth-order valence-corrected chi connectivity index (χ4v) is 1.32. The average molecular weight is 218 g/mol. The van der Waals surface area contributed by atoms with Gasteiger partial charge in [0.2, 0.25) is 0 Å². The van der Waals surface area contributed by atoms with Gasteiger partial charge in [0.1, 0.15) is 6.10 Å². The zero-order valence-electron chi connectivity index (χ0n) is 10.6. The summed E-state index contributed by atoms with van der Waals surface area (Å²) in [7, 11) is 0. The number of hydrogen-bond acceptors (Lipinski definition) is 3. The smallest absolute Gasteiger partial charge is 0.165 e. The van der Waals surface area contributed by atoms with Gasteiger partial charge >= 0.3 is 0 Å². The van der Waals surface area contributed by atoms with Crippen molar-refractivity contribution in [2.45, 2.75) is 65.3 Å². The SMILES string of the molecule is CCC1(C)OCC(CO)O1.CCCCC. The minimum atomic E-state index is -0.451. The van der Waals surface area contributed by atoms with E-state index in [4.69, 9.17) is 14.6 Å². The Labute approximate surface area is 93.8 Å². The fourth-order valence-electron chi connectivity index (χ4n) is 1.32. The Morgan fingerprint density at radius 3 is 2.07 bits per heavy atom. The van der Waals surface area contributed by atoms with E-state index in [9.17, 15) is 0 Å². The molecule has 1 N–H and O–H groups in total. The molecule has 0 aliphatic carbocycles. The summed E-state index contributed by atoms with van der Waals surface area (Å²) in [6.07, 6.45) is 4.78. The molecule has 92 valence electrons. The van der Waals surface area contributed by atoms with Gasteiger partial charge in [-0.1, -0.05) is 40.0 Å². The zero-order chi connectivity index (χ0) is 11.7. The molecule has 0 aromatic rings. The molecule has 0 aromatic heterocycles. The number of unbranched alkanes of at least 4 members (excludes halogenated alkanes) is 2. The first-order valence-corrected chi connectivity index (χ1v) is 6.04. The van der Waals surface area contributed by atoms with E-state index in [1.165, 1.54) is 19.3 Å². The van der Waals surface area contributed by atoms with Gasteiger partial charge in [0.05, 0.1) is 13.2 Å². The molecule has 0 saturated carbocycles. The summed E-state index contributed by atoms with van der Waals surface area (Å²) in [6.45, 7) is 8.88. The van der Waals surface area contributed by atoms with Crippen LogP contribution in [0.1, 0.15) is 53.4 Å². The third kappa shape index (κ3) is 6.13. The Kier molecular flexibility index (Phi) is 8.02. The summed E-state index contributed by atoms with van der Waals surface area (Å²) >= 11 is 0. The van der Waals surface area contributed by atoms with Crippen LogP contribution in [0.2, 0.25) is 0 Å². The van der Waals surface area contributed by atoms with E-state index in [0.29, 0.717) is 6.61 Å². The molecule has 2 atom stereocenters. The van der Waals surface area contributed by atoms with Crippen molar-refractivity contribution in [3.8, 4) is 0 Å². The molecule has 1 aliphatic rings. The Morgan fingerprint density at radius 1 is 1.27 bits per heavy atom. The lowest BCUT2D eigenvalue weighted by molar-refractivity contribution is -0.158. The van der Waals surface area contributed by atoms with Crippen LogP contribution in [-0.2, 0) is 9.47 Å². The minimum Gasteiger partial charge on any atom is -0.394 e. The molecule has 0 spiro atoms.